The van der Waals surface area contributed by atoms with E-state index < -0.39 is 11.8 Å². The Kier molecular flexibility index (Phi) is 7.83. The number of nitrogens with zero attached hydrogens (tertiary/aromatic N) is 3. The molecule has 0 spiro atoms. The number of hydrogen-bond donors (Lipinski definition) is 0. The highest BCUT2D eigenvalue weighted by Gasteiger charge is 2.26. The molecule has 3 aliphatic heterocycles. The standard InChI is InChI=1S/C33H25N3O6/c1-22(34-28(37)15-16-29(34)38)5-6-24(21-25-9-13-27(14-10-25)36-32(41)19-20-33(36)42)4-2-3-23-7-11-26(12-8-23)35-30(39)17-18-31(35)40/h2,4-20H,3,21H2,1H3/b4-2+,22-5+,24-6+. The van der Waals surface area contributed by atoms with Crippen LogP contribution in [-0.2, 0) is 41.6 Å². The second-order valence-corrected chi connectivity index (χ2v) is 9.70. The highest BCUT2D eigenvalue weighted by molar-refractivity contribution is 6.28. The molecule has 2 aromatic rings. The first-order chi connectivity index (χ1) is 20.2. The fraction of sp³-hybridized carbons (Fsp3) is 0.0909. The van der Waals surface area contributed by atoms with Crippen LogP contribution < -0.4 is 9.80 Å². The van der Waals surface area contributed by atoms with Crippen molar-refractivity contribution in [1.82, 2.24) is 4.90 Å². The molecule has 208 valence electrons. The van der Waals surface area contributed by atoms with Gasteiger partial charge in [-0.3, -0.25) is 28.8 Å². The van der Waals surface area contributed by atoms with Crippen LogP contribution >= 0.6 is 0 Å². The van der Waals surface area contributed by atoms with Crippen molar-refractivity contribution in [1.29, 1.82) is 0 Å². The summed E-state index contributed by atoms with van der Waals surface area (Å²) >= 11 is 0. The molecule has 2 aromatic carbocycles. The number of benzene rings is 2. The fourth-order valence-electron chi connectivity index (χ4n) is 4.66. The molecule has 0 aromatic heterocycles. The van der Waals surface area contributed by atoms with Gasteiger partial charge in [-0.25, -0.2) is 14.7 Å². The Bertz CT molecular complexity index is 1630. The summed E-state index contributed by atoms with van der Waals surface area (Å²) in [5.41, 5.74) is 4.21. The summed E-state index contributed by atoms with van der Waals surface area (Å²) in [5, 5.41) is 0. The molecule has 0 bridgehead atoms. The van der Waals surface area contributed by atoms with E-state index >= 15 is 0 Å². The van der Waals surface area contributed by atoms with E-state index in [-0.39, 0.29) is 23.6 Å². The average Bonchev–Trinajstić information content (AvgIpc) is 3.62. The molecule has 0 saturated carbocycles. The maximum Gasteiger partial charge on any atom is 0.258 e. The zero-order chi connectivity index (χ0) is 29.8. The third-order valence-electron chi connectivity index (χ3n) is 6.80. The first-order valence-corrected chi connectivity index (χ1v) is 13.1. The van der Waals surface area contributed by atoms with Gasteiger partial charge in [0, 0.05) is 42.2 Å². The largest absolute Gasteiger partial charge is 0.269 e. The summed E-state index contributed by atoms with van der Waals surface area (Å²) in [4.78, 5) is 75.3. The Balaban J connectivity index is 1.33. The molecule has 0 saturated heterocycles. The van der Waals surface area contributed by atoms with Crippen LogP contribution in [0.25, 0.3) is 0 Å². The average molecular weight is 560 g/mol. The number of anilines is 2. The van der Waals surface area contributed by atoms with Gasteiger partial charge in [-0.2, -0.15) is 0 Å². The van der Waals surface area contributed by atoms with Crippen molar-refractivity contribution >= 4 is 46.8 Å². The Labute approximate surface area is 241 Å². The Morgan fingerprint density at radius 2 is 1.00 bits per heavy atom. The Morgan fingerprint density at radius 3 is 1.48 bits per heavy atom. The summed E-state index contributed by atoms with van der Waals surface area (Å²) in [6.45, 7) is 1.68. The van der Waals surface area contributed by atoms with Gasteiger partial charge in [0.15, 0.2) is 0 Å². The number of allylic oxidation sites excluding steroid dienone is 6. The van der Waals surface area contributed by atoms with Crippen molar-refractivity contribution in [3.05, 3.63) is 132 Å². The molecule has 3 heterocycles. The van der Waals surface area contributed by atoms with E-state index in [0.29, 0.717) is 29.9 Å². The number of amides is 6. The van der Waals surface area contributed by atoms with Crippen LogP contribution in [0.15, 0.2) is 121 Å². The molecular weight excluding hydrogens is 534 g/mol. The zero-order valence-electron chi connectivity index (χ0n) is 22.6. The first kappa shape index (κ1) is 27.9. The molecule has 0 radical (unpaired) electrons. The summed E-state index contributed by atoms with van der Waals surface area (Å²) in [6, 6.07) is 14.2. The van der Waals surface area contributed by atoms with Crippen LogP contribution in [0.4, 0.5) is 11.4 Å². The van der Waals surface area contributed by atoms with Gasteiger partial charge < -0.3 is 0 Å². The van der Waals surface area contributed by atoms with Crippen molar-refractivity contribution in [2.45, 2.75) is 19.8 Å². The van der Waals surface area contributed by atoms with E-state index in [9.17, 15) is 28.8 Å². The molecule has 0 N–H and O–H groups in total. The van der Waals surface area contributed by atoms with Crippen molar-refractivity contribution < 1.29 is 28.8 Å². The molecule has 9 nitrogen and oxygen atoms in total. The number of carbonyl (C=O) groups is 6. The molecule has 0 unspecified atom stereocenters. The highest BCUT2D eigenvalue weighted by Crippen LogP contribution is 2.23. The van der Waals surface area contributed by atoms with E-state index in [4.69, 9.17) is 0 Å². The fourth-order valence-corrected chi connectivity index (χ4v) is 4.66. The molecular formula is C33H25N3O6. The van der Waals surface area contributed by atoms with Crippen LogP contribution in [-0.4, -0.2) is 40.3 Å². The SMILES string of the molecule is C\C(=C/C=C(\C=C\Cc1ccc(N2C(=O)C=CC2=O)cc1)Cc1ccc(N2C(=O)C=CC2=O)cc1)N1C(=O)C=CC1=O. The minimum absolute atomic E-state index is 0.373. The molecule has 0 atom stereocenters. The van der Waals surface area contributed by atoms with Crippen molar-refractivity contribution in [3.63, 3.8) is 0 Å². The number of rotatable bonds is 9. The summed E-state index contributed by atoms with van der Waals surface area (Å²) < 4.78 is 0. The van der Waals surface area contributed by atoms with Gasteiger partial charge in [0.2, 0.25) is 0 Å². The van der Waals surface area contributed by atoms with Crippen molar-refractivity contribution in [2.24, 2.45) is 0 Å². The molecule has 9 heteroatoms. The van der Waals surface area contributed by atoms with Crippen molar-refractivity contribution in [3.8, 4) is 0 Å². The van der Waals surface area contributed by atoms with E-state index in [1.54, 1.807) is 37.3 Å². The van der Waals surface area contributed by atoms with Gasteiger partial charge >= 0.3 is 0 Å². The van der Waals surface area contributed by atoms with Gasteiger partial charge in [0.25, 0.3) is 35.4 Å². The number of carbonyl (C=O) groups excluding carboxylic acids is 6. The van der Waals surface area contributed by atoms with Gasteiger partial charge in [-0.05, 0) is 66.8 Å². The van der Waals surface area contributed by atoms with Gasteiger partial charge in [-0.1, -0.05) is 42.5 Å². The number of imide groups is 3. The molecule has 0 fully saturated rings. The smallest absolute Gasteiger partial charge is 0.258 e. The maximum atomic E-state index is 12.1. The Hall–Kier alpha value is -5.70. The normalized spacial score (nSPS) is 17.4. The van der Waals surface area contributed by atoms with Crippen LogP contribution in [0, 0.1) is 0 Å². The van der Waals surface area contributed by atoms with Gasteiger partial charge in [0.05, 0.1) is 11.4 Å². The quantitative estimate of drug-likeness (QED) is 0.343. The third kappa shape index (κ3) is 5.90. The monoisotopic (exact) mass is 559 g/mol. The third-order valence-corrected chi connectivity index (χ3v) is 6.80. The second kappa shape index (κ2) is 11.8. The second-order valence-electron chi connectivity index (χ2n) is 9.70. The Morgan fingerprint density at radius 1 is 0.571 bits per heavy atom. The van der Waals surface area contributed by atoms with E-state index in [1.165, 1.54) is 36.5 Å². The molecule has 6 amide bonds. The summed E-state index contributed by atoms with van der Waals surface area (Å²) in [7, 11) is 0. The van der Waals surface area contributed by atoms with Crippen LogP contribution in [0.2, 0.25) is 0 Å². The maximum absolute atomic E-state index is 12.1. The lowest BCUT2D eigenvalue weighted by Crippen LogP contribution is -2.29. The highest BCUT2D eigenvalue weighted by atomic mass is 16.2. The zero-order valence-corrected chi connectivity index (χ0v) is 22.6. The van der Waals surface area contributed by atoms with Gasteiger partial charge in [-0.15, -0.1) is 0 Å². The molecule has 0 aliphatic carbocycles. The van der Waals surface area contributed by atoms with Gasteiger partial charge in [0.1, 0.15) is 0 Å². The number of hydrogen-bond acceptors (Lipinski definition) is 6. The minimum Gasteiger partial charge on any atom is -0.269 e. The van der Waals surface area contributed by atoms with E-state index in [2.05, 4.69) is 0 Å². The topological polar surface area (TPSA) is 112 Å². The van der Waals surface area contributed by atoms with Crippen molar-refractivity contribution in [2.75, 3.05) is 9.80 Å². The molecule has 5 rings (SSSR count). The van der Waals surface area contributed by atoms with E-state index in [1.807, 2.05) is 42.5 Å². The summed E-state index contributed by atoms with van der Waals surface area (Å²) in [6.07, 6.45) is 15.9. The minimum atomic E-state index is -0.396. The molecule has 42 heavy (non-hydrogen) atoms. The van der Waals surface area contributed by atoms with Crippen LogP contribution in [0.3, 0.4) is 0 Å². The lowest BCUT2D eigenvalue weighted by molar-refractivity contribution is -0.134. The van der Waals surface area contributed by atoms with E-state index in [0.717, 1.165) is 31.4 Å². The summed E-state index contributed by atoms with van der Waals surface area (Å²) in [5.74, 6) is -2.32. The molecule has 3 aliphatic rings. The van der Waals surface area contributed by atoms with Crippen LogP contribution in [0.5, 0.6) is 0 Å². The predicted octanol–water partition coefficient (Wildman–Crippen LogP) is 3.64. The predicted molar refractivity (Wildman–Crippen MR) is 156 cm³/mol. The lowest BCUT2D eigenvalue weighted by Gasteiger charge is -2.15. The first-order valence-electron chi connectivity index (χ1n) is 13.1. The lowest BCUT2D eigenvalue weighted by atomic mass is 10.0. The van der Waals surface area contributed by atoms with Crippen LogP contribution in [0.1, 0.15) is 18.1 Å².